The highest BCUT2D eigenvalue weighted by Crippen LogP contribution is 2.26. The Hall–Kier alpha value is -1.58. The number of hydrogen-bond acceptors (Lipinski definition) is 3. The van der Waals surface area contributed by atoms with Gasteiger partial charge in [-0.2, -0.15) is 0 Å². The van der Waals surface area contributed by atoms with Crippen LogP contribution in [0.2, 0.25) is 0 Å². The van der Waals surface area contributed by atoms with Crippen molar-refractivity contribution in [2.75, 3.05) is 11.9 Å². The van der Waals surface area contributed by atoms with Crippen LogP contribution in [0.1, 0.15) is 43.5 Å². The van der Waals surface area contributed by atoms with Crippen LogP contribution in [0.25, 0.3) is 0 Å². The van der Waals surface area contributed by atoms with Gasteiger partial charge in [0.05, 0.1) is 17.4 Å². The van der Waals surface area contributed by atoms with Crippen molar-refractivity contribution in [2.45, 2.75) is 39.2 Å². The maximum absolute atomic E-state index is 12.2. The summed E-state index contributed by atoms with van der Waals surface area (Å²) in [5.41, 5.74) is 1.52. The summed E-state index contributed by atoms with van der Waals surface area (Å²) in [6.45, 7) is 5.16. The summed E-state index contributed by atoms with van der Waals surface area (Å²) in [4.78, 5) is 16.2. The highest BCUT2D eigenvalue weighted by Gasteiger charge is 2.27. The van der Waals surface area contributed by atoms with Crippen molar-refractivity contribution < 1.29 is 4.79 Å². The number of rotatable bonds is 5. The third-order valence-corrected chi connectivity index (χ3v) is 3.34. The van der Waals surface area contributed by atoms with E-state index in [0.29, 0.717) is 11.6 Å². The molecule has 4 nitrogen and oxygen atoms in total. The Morgan fingerprint density at radius 2 is 2.28 bits per heavy atom. The molecule has 1 amide bonds. The van der Waals surface area contributed by atoms with Crippen LogP contribution in [0.5, 0.6) is 0 Å². The van der Waals surface area contributed by atoms with Crippen LogP contribution in [-0.2, 0) is 0 Å². The monoisotopic (exact) mass is 247 g/mol. The minimum absolute atomic E-state index is 0.00732. The number of amides is 1. The van der Waals surface area contributed by atoms with Gasteiger partial charge in [-0.1, -0.05) is 13.8 Å². The normalized spacial score (nSPS) is 22.1. The highest BCUT2D eigenvalue weighted by atomic mass is 16.1. The van der Waals surface area contributed by atoms with Crippen LogP contribution < -0.4 is 10.6 Å². The first-order chi connectivity index (χ1) is 8.70. The minimum atomic E-state index is 0.00732. The smallest absolute Gasteiger partial charge is 0.253 e. The molecule has 1 aromatic heterocycles. The Morgan fingerprint density at radius 1 is 1.50 bits per heavy atom. The van der Waals surface area contributed by atoms with Crippen LogP contribution in [0.3, 0.4) is 0 Å². The SMILES string of the molecule is CCCNc1cnccc1C(=O)NC1CC(C)C1. The fraction of sp³-hybridized carbons (Fsp3) is 0.571. The molecule has 1 aliphatic rings. The standard InChI is InChI=1S/C14H21N3O/c1-3-5-16-13-9-15-6-4-12(13)14(18)17-11-7-10(2)8-11/h4,6,9-11,16H,3,5,7-8H2,1-2H3,(H,17,18). The average Bonchev–Trinajstić information content (AvgIpc) is 2.34. The van der Waals surface area contributed by atoms with Crippen molar-refractivity contribution in [3.8, 4) is 0 Å². The maximum atomic E-state index is 12.2. The fourth-order valence-corrected chi connectivity index (χ4v) is 2.28. The molecular weight excluding hydrogens is 226 g/mol. The fourth-order valence-electron chi connectivity index (χ4n) is 2.28. The Kier molecular flexibility index (Phi) is 4.18. The molecule has 0 unspecified atom stereocenters. The second-order valence-corrected chi connectivity index (χ2v) is 5.09. The molecule has 1 saturated carbocycles. The van der Waals surface area contributed by atoms with E-state index in [2.05, 4.69) is 29.5 Å². The van der Waals surface area contributed by atoms with Crippen molar-refractivity contribution in [1.82, 2.24) is 10.3 Å². The molecule has 1 aromatic rings. The van der Waals surface area contributed by atoms with E-state index in [1.165, 1.54) is 0 Å². The Bertz CT molecular complexity index is 413. The molecule has 2 rings (SSSR count). The predicted octanol–water partition coefficient (Wildman–Crippen LogP) is 2.43. The maximum Gasteiger partial charge on any atom is 0.253 e. The number of nitrogens with zero attached hydrogens (tertiary/aromatic N) is 1. The summed E-state index contributed by atoms with van der Waals surface area (Å²) < 4.78 is 0. The summed E-state index contributed by atoms with van der Waals surface area (Å²) in [6, 6.07) is 2.12. The second kappa shape index (κ2) is 5.85. The van der Waals surface area contributed by atoms with Gasteiger partial charge in [-0.25, -0.2) is 0 Å². The molecule has 18 heavy (non-hydrogen) atoms. The van der Waals surface area contributed by atoms with Crippen molar-refractivity contribution in [2.24, 2.45) is 5.92 Å². The van der Waals surface area contributed by atoms with Gasteiger partial charge in [-0.15, -0.1) is 0 Å². The molecule has 0 aromatic carbocycles. The zero-order valence-electron chi connectivity index (χ0n) is 11.1. The van der Waals surface area contributed by atoms with Gasteiger partial charge < -0.3 is 10.6 Å². The molecule has 98 valence electrons. The van der Waals surface area contributed by atoms with Gasteiger partial charge in [-0.3, -0.25) is 9.78 Å². The van der Waals surface area contributed by atoms with Gasteiger partial charge in [-0.05, 0) is 31.2 Å². The predicted molar refractivity (Wildman–Crippen MR) is 72.7 cm³/mol. The number of pyridine rings is 1. The summed E-state index contributed by atoms with van der Waals surface area (Å²) in [6.07, 6.45) is 6.59. The largest absolute Gasteiger partial charge is 0.383 e. The number of aromatic nitrogens is 1. The molecule has 0 saturated heterocycles. The molecule has 2 N–H and O–H groups in total. The van der Waals surface area contributed by atoms with E-state index in [1.807, 2.05) is 0 Å². The highest BCUT2D eigenvalue weighted by molar-refractivity contribution is 5.99. The third kappa shape index (κ3) is 3.00. The number of hydrogen-bond donors (Lipinski definition) is 2. The van der Waals surface area contributed by atoms with Crippen molar-refractivity contribution in [1.29, 1.82) is 0 Å². The lowest BCUT2D eigenvalue weighted by molar-refractivity contribution is 0.0897. The van der Waals surface area contributed by atoms with Crippen LogP contribution >= 0.6 is 0 Å². The lowest BCUT2D eigenvalue weighted by Crippen LogP contribution is -2.43. The third-order valence-electron chi connectivity index (χ3n) is 3.34. The van der Waals surface area contributed by atoms with Crippen LogP contribution in [0.15, 0.2) is 18.5 Å². The Balaban J connectivity index is 2.00. The topological polar surface area (TPSA) is 54.0 Å². The summed E-state index contributed by atoms with van der Waals surface area (Å²) in [7, 11) is 0. The molecule has 0 atom stereocenters. The van der Waals surface area contributed by atoms with E-state index in [9.17, 15) is 4.79 Å². The van der Waals surface area contributed by atoms with Crippen LogP contribution in [0.4, 0.5) is 5.69 Å². The molecule has 0 radical (unpaired) electrons. The minimum Gasteiger partial charge on any atom is -0.383 e. The number of carbonyl (C=O) groups is 1. The van der Waals surface area contributed by atoms with E-state index in [0.717, 1.165) is 37.4 Å². The summed E-state index contributed by atoms with van der Waals surface area (Å²) >= 11 is 0. The number of carbonyl (C=O) groups excluding carboxylic acids is 1. The molecule has 4 heteroatoms. The van der Waals surface area contributed by atoms with Gasteiger partial charge in [0.2, 0.25) is 0 Å². The van der Waals surface area contributed by atoms with E-state index in [1.54, 1.807) is 18.5 Å². The molecule has 1 aliphatic carbocycles. The Labute approximate surface area is 108 Å². The lowest BCUT2D eigenvalue weighted by atomic mass is 9.82. The van der Waals surface area contributed by atoms with E-state index in [4.69, 9.17) is 0 Å². The van der Waals surface area contributed by atoms with Gasteiger partial charge in [0.25, 0.3) is 5.91 Å². The van der Waals surface area contributed by atoms with Gasteiger partial charge >= 0.3 is 0 Å². The molecular formula is C14H21N3O. The van der Waals surface area contributed by atoms with E-state index >= 15 is 0 Å². The van der Waals surface area contributed by atoms with E-state index in [-0.39, 0.29) is 5.91 Å². The van der Waals surface area contributed by atoms with Crippen molar-refractivity contribution in [3.63, 3.8) is 0 Å². The molecule has 0 spiro atoms. The number of anilines is 1. The zero-order chi connectivity index (χ0) is 13.0. The van der Waals surface area contributed by atoms with Gasteiger partial charge in [0.1, 0.15) is 0 Å². The van der Waals surface area contributed by atoms with Gasteiger partial charge in [0.15, 0.2) is 0 Å². The molecule has 0 bridgehead atoms. The van der Waals surface area contributed by atoms with Crippen LogP contribution in [0, 0.1) is 5.92 Å². The first-order valence-electron chi connectivity index (χ1n) is 6.69. The van der Waals surface area contributed by atoms with Gasteiger partial charge in [0, 0.05) is 18.8 Å². The zero-order valence-corrected chi connectivity index (χ0v) is 11.1. The van der Waals surface area contributed by atoms with Crippen LogP contribution in [-0.4, -0.2) is 23.5 Å². The summed E-state index contributed by atoms with van der Waals surface area (Å²) in [5, 5.41) is 6.31. The first kappa shape index (κ1) is 12.9. The first-order valence-corrected chi connectivity index (χ1v) is 6.69. The average molecular weight is 247 g/mol. The molecule has 0 aliphatic heterocycles. The van der Waals surface area contributed by atoms with Crippen molar-refractivity contribution in [3.05, 3.63) is 24.0 Å². The molecule has 1 fully saturated rings. The van der Waals surface area contributed by atoms with Crippen molar-refractivity contribution >= 4 is 11.6 Å². The van der Waals surface area contributed by atoms with E-state index < -0.39 is 0 Å². The second-order valence-electron chi connectivity index (χ2n) is 5.09. The summed E-state index contributed by atoms with van der Waals surface area (Å²) in [5.74, 6) is 0.748. The lowest BCUT2D eigenvalue weighted by Gasteiger charge is -2.33. The number of nitrogens with one attached hydrogen (secondary N) is 2. The Morgan fingerprint density at radius 3 is 2.94 bits per heavy atom. The quantitative estimate of drug-likeness (QED) is 0.840. The molecule has 1 heterocycles.